The normalized spacial score (nSPS) is 17.2. The minimum absolute atomic E-state index is 0.0876. The molecule has 28 heavy (non-hydrogen) atoms. The van der Waals surface area contributed by atoms with Crippen LogP contribution in [0.2, 0.25) is 0 Å². The van der Waals surface area contributed by atoms with Gasteiger partial charge in [-0.25, -0.2) is 4.39 Å². The van der Waals surface area contributed by atoms with Gasteiger partial charge in [0.15, 0.2) is 0 Å². The molecule has 0 bridgehead atoms. The van der Waals surface area contributed by atoms with Crippen molar-refractivity contribution in [3.8, 4) is 0 Å². The summed E-state index contributed by atoms with van der Waals surface area (Å²) < 4.78 is 13.6. The highest BCUT2D eigenvalue weighted by atomic mass is 19.1. The monoisotopic (exact) mass is 382 g/mol. The van der Waals surface area contributed by atoms with Gasteiger partial charge >= 0.3 is 0 Å². The molecule has 1 heterocycles. The van der Waals surface area contributed by atoms with Crippen molar-refractivity contribution in [1.29, 1.82) is 0 Å². The van der Waals surface area contributed by atoms with Gasteiger partial charge in [-0.1, -0.05) is 53.7 Å². The first-order valence-electron chi connectivity index (χ1n) is 9.68. The highest BCUT2D eigenvalue weighted by molar-refractivity contribution is 6.01. The third-order valence-electron chi connectivity index (χ3n) is 4.77. The molecule has 0 spiro atoms. The van der Waals surface area contributed by atoms with Crippen LogP contribution >= 0.6 is 0 Å². The number of nitrogens with zero attached hydrogens (tertiary/aromatic N) is 2. The zero-order valence-electron chi connectivity index (χ0n) is 16.0. The summed E-state index contributed by atoms with van der Waals surface area (Å²) in [6, 6.07) is 16.6. The Morgan fingerprint density at radius 1 is 1.25 bits per heavy atom. The van der Waals surface area contributed by atoms with Gasteiger partial charge in [-0.15, -0.1) is 6.58 Å². The lowest BCUT2D eigenvalue weighted by molar-refractivity contribution is 0.0308. The van der Waals surface area contributed by atoms with Crippen molar-refractivity contribution < 1.29 is 14.3 Å². The molecule has 2 atom stereocenters. The first kappa shape index (κ1) is 20.2. The van der Waals surface area contributed by atoms with Crippen molar-refractivity contribution in [2.45, 2.75) is 38.0 Å². The Kier molecular flexibility index (Phi) is 7.34. The van der Waals surface area contributed by atoms with Crippen LogP contribution in [-0.2, 0) is 11.4 Å². The second kappa shape index (κ2) is 10.2. The maximum Gasteiger partial charge on any atom is 0.145 e. The van der Waals surface area contributed by atoms with Gasteiger partial charge in [0.2, 0.25) is 0 Å². The highest BCUT2D eigenvalue weighted by Gasteiger charge is 2.25. The Hall–Kier alpha value is -2.50. The third-order valence-corrected chi connectivity index (χ3v) is 4.77. The van der Waals surface area contributed by atoms with Crippen LogP contribution in [0.3, 0.4) is 0 Å². The summed E-state index contributed by atoms with van der Waals surface area (Å²) in [5.74, 6) is -0.253. The molecule has 5 heteroatoms. The van der Waals surface area contributed by atoms with Crippen LogP contribution in [0.4, 0.5) is 4.39 Å². The van der Waals surface area contributed by atoms with Gasteiger partial charge in [0.25, 0.3) is 0 Å². The summed E-state index contributed by atoms with van der Waals surface area (Å²) >= 11 is 0. The summed E-state index contributed by atoms with van der Waals surface area (Å²) in [7, 11) is 0. The molecular weight excluding hydrogens is 355 g/mol. The van der Waals surface area contributed by atoms with E-state index in [4.69, 9.17) is 4.84 Å². The molecule has 4 nitrogen and oxygen atoms in total. The van der Waals surface area contributed by atoms with Crippen molar-refractivity contribution in [3.05, 3.63) is 84.2 Å². The van der Waals surface area contributed by atoms with Crippen LogP contribution in [0.15, 0.2) is 72.4 Å². The number of aliphatic hydroxyl groups excluding tert-OH is 1. The van der Waals surface area contributed by atoms with Crippen molar-refractivity contribution in [3.63, 3.8) is 0 Å². The molecule has 2 aromatic carbocycles. The first-order valence-corrected chi connectivity index (χ1v) is 9.68. The van der Waals surface area contributed by atoms with Gasteiger partial charge in [0.05, 0.1) is 11.8 Å². The molecule has 2 unspecified atom stereocenters. The van der Waals surface area contributed by atoms with E-state index in [1.54, 1.807) is 12.1 Å². The van der Waals surface area contributed by atoms with E-state index in [2.05, 4.69) is 16.6 Å². The molecule has 0 fully saturated rings. The van der Waals surface area contributed by atoms with E-state index in [-0.39, 0.29) is 11.9 Å². The molecule has 1 aliphatic rings. The number of benzene rings is 2. The average Bonchev–Trinajstić information content (AvgIpc) is 3.15. The number of rotatable bonds is 10. The fourth-order valence-corrected chi connectivity index (χ4v) is 3.41. The minimum Gasteiger partial charge on any atom is -0.392 e. The van der Waals surface area contributed by atoms with Crippen LogP contribution in [-0.4, -0.2) is 41.0 Å². The summed E-state index contributed by atoms with van der Waals surface area (Å²) in [5.41, 5.74) is 2.87. The lowest BCUT2D eigenvalue weighted by Gasteiger charge is -2.27. The van der Waals surface area contributed by atoms with Crippen molar-refractivity contribution in [2.75, 3.05) is 13.1 Å². The molecule has 1 aliphatic heterocycles. The van der Waals surface area contributed by atoms with E-state index in [1.807, 2.05) is 36.4 Å². The quantitative estimate of drug-likeness (QED) is 0.628. The van der Waals surface area contributed by atoms with Crippen LogP contribution in [0.1, 0.15) is 30.4 Å². The molecular formula is C23H27FN2O2. The van der Waals surface area contributed by atoms with Crippen molar-refractivity contribution in [2.24, 2.45) is 5.16 Å². The molecule has 0 aliphatic carbocycles. The largest absolute Gasteiger partial charge is 0.392 e. The zero-order chi connectivity index (χ0) is 19.8. The van der Waals surface area contributed by atoms with E-state index < -0.39 is 6.10 Å². The minimum atomic E-state index is -0.470. The van der Waals surface area contributed by atoms with E-state index in [0.29, 0.717) is 32.5 Å². The van der Waals surface area contributed by atoms with Gasteiger partial charge in [-0.3, -0.25) is 4.90 Å². The maximum absolute atomic E-state index is 13.6. The molecule has 0 saturated carbocycles. The van der Waals surface area contributed by atoms with E-state index >= 15 is 0 Å². The van der Waals surface area contributed by atoms with Gasteiger partial charge < -0.3 is 9.94 Å². The third kappa shape index (κ3) is 6.01. The van der Waals surface area contributed by atoms with Crippen LogP contribution in [0.5, 0.6) is 0 Å². The average molecular weight is 382 g/mol. The Morgan fingerprint density at radius 3 is 2.82 bits per heavy atom. The number of hydrogen-bond donors (Lipinski definition) is 1. The van der Waals surface area contributed by atoms with Gasteiger partial charge in [-0.05, 0) is 36.1 Å². The van der Waals surface area contributed by atoms with Crippen LogP contribution in [0.25, 0.3) is 0 Å². The Morgan fingerprint density at radius 2 is 2.07 bits per heavy atom. The molecule has 0 saturated heterocycles. The number of halogens is 1. The Balaban J connectivity index is 1.62. The number of oxime groups is 1. The predicted molar refractivity (Wildman–Crippen MR) is 110 cm³/mol. The Labute approximate surface area is 165 Å². The molecule has 0 radical (unpaired) electrons. The van der Waals surface area contributed by atoms with Gasteiger partial charge in [-0.2, -0.15) is 0 Å². The molecule has 2 aromatic rings. The number of aliphatic hydroxyl groups is 1. The molecule has 3 rings (SSSR count). The summed E-state index contributed by atoms with van der Waals surface area (Å²) in [6.45, 7) is 5.36. The van der Waals surface area contributed by atoms with Crippen molar-refractivity contribution >= 4 is 5.71 Å². The van der Waals surface area contributed by atoms with Crippen LogP contribution < -0.4 is 0 Å². The first-order chi connectivity index (χ1) is 13.6. The van der Waals surface area contributed by atoms with Gasteiger partial charge in [0.1, 0.15) is 11.9 Å². The van der Waals surface area contributed by atoms with Crippen molar-refractivity contribution in [1.82, 2.24) is 4.90 Å². The summed E-state index contributed by atoms with van der Waals surface area (Å²) in [5, 5.41) is 14.6. The van der Waals surface area contributed by atoms with Gasteiger partial charge in [0, 0.05) is 26.1 Å². The Bertz CT molecular complexity index is 794. The van der Waals surface area contributed by atoms with Crippen LogP contribution in [0, 0.1) is 5.82 Å². The fourth-order valence-electron chi connectivity index (χ4n) is 3.41. The standard InChI is InChI=1S/C23H27FN2O2/c1-2-3-12-21(27)16-26(15-18-8-7-11-20(24)13-18)17-22-14-23(25-28-22)19-9-5-4-6-10-19/h2,4-11,13,21-22,27H,1,3,12,14-17H2. The lowest BCUT2D eigenvalue weighted by Crippen LogP contribution is -2.37. The number of hydrogen-bond acceptors (Lipinski definition) is 4. The number of allylic oxidation sites excluding steroid dienone is 1. The van der Waals surface area contributed by atoms with E-state index in [9.17, 15) is 9.50 Å². The predicted octanol–water partition coefficient (Wildman–Crippen LogP) is 4.15. The maximum atomic E-state index is 13.6. The molecule has 0 aromatic heterocycles. The molecule has 1 N–H and O–H groups in total. The summed E-state index contributed by atoms with van der Waals surface area (Å²) in [4.78, 5) is 7.76. The smallest absolute Gasteiger partial charge is 0.145 e. The molecule has 148 valence electrons. The zero-order valence-corrected chi connectivity index (χ0v) is 16.0. The van der Waals surface area contributed by atoms with E-state index in [0.717, 1.165) is 23.3 Å². The fraction of sp³-hybridized carbons (Fsp3) is 0.348. The topological polar surface area (TPSA) is 45.1 Å². The van der Waals surface area contributed by atoms with E-state index in [1.165, 1.54) is 12.1 Å². The second-order valence-corrected chi connectivity index (χ2v) is 7.18. The highest BCUT2D eigenvalue weighted by Crippen LogP contribution is 2.19. The summed E-state index contributed by atoms with van der Waals surface area (Å²) in [6.07, 6.45) is 3.38. The second-order valence-electron chi connectivity index (χ2n) is 7.18. The SMILES string of the molecule is C=CCCC(O)CN(Cc1cccc(F)c1)CC1CC(c2ccccc2)=NO1. The molecule has 0 amide bonds. The lowest BCUT2D eigenvalue weighted by atomic mass is 10.0.